The van der Waals surface area contributed by atoms with Crippen molar-refractivity contribution in [1.82, 2.24) is 4.90 Å². The number of hydrogen-bond donors (Lipinski definition) is 2. The van der Waals surface area contributed by atoms with E-state index in [9.17, 15) is 4.79 Å². The van der Waals surface area contributed by atoms with Crippen molar-refractivity contribution in [3.8, 4) is 0 Å². The van der Waals surface area contributed by atoms with Crippen LogP contribution in [-0.4, -0.2) is 55.1 Å². The van der Waals surface area contributed by atoms with Gasteiger partial charge in [0.2, 0.25) is 5.91 Å². The predicted molar refractivity (Wildman–Crippen MR) is 77.7 cm³/mol. The van der Waals surface area contributed by atoms with Crippen molar-refractivity contribution >= 4 is 23.5 Å². The first-order valence-corrected chi connectivity index (χ1v) is 6.48. The molecule has 1 aromatic carbocycles. The lowest BCUT2D eigenvalue weighted by Crippen LogP contribution is -2.51. The first-order valence-electron chi connectivity index (χ1n) is 6.48. The van der Waals surface area contributed by atoms with Gasteiger partial charge in [-0.25, -0.2) is 0 Å². The van der Waals surface area contributed by atoms with Crippen molar-refractivity contribution in [1.29, 1.82) is 5.41 Å². The molecule has 106 valence electrons. The Bertz CT molecular complexity index is 495. The van der Waals surface area contributed by atoms with Crippen molar-refractivity contribution in [2.75, 3.05) is 26.3 Å². The van der Waals surface area contributed by atoms with Gasteiger partial charge in [-0.05, 0) is 12.1 Å². The minimum Gasteiger partial charge on any atom is -0.378 e. The topological polar surface area (TPSA) is 91.8 Å². The lowest BCUT2D eigenvalue weighted by Gasteiger charge is -2.28. The average molecular weight is 274 g/mol. The summed E-state index contributed by atoms with van der Waals surface area (Å²) in [5, 5.41) is 7.84. The number of hydrogen-bond acceptors (Lipinski definition) is 5. The molecule has 1 aliphatic heterocycles. The average Bonchev–Trinajstić information content (AvgIpc) is 2.53. The molecule has 0 aromatic heterocycles. The highest BCUT2D eigenvalue weighted by atomic mass is 16.5. The van der Waals surface area contributed by atoms with E-state index in [0.717, 1.165) is 5.69 Å². The molecule has 1 atom stereocenters. The number of carbonyl (C=O) groups is 1. The number of aliphatic imine (C=N–C) groups is 1. The maximum absolute atomic E-state index is 12.1. The zero-order valence-corrected chi connectivity index (χ0v) is 11.2. The van der Waals surface area contributed by atoms with E-state index < -0.39 is 6.04 Å². The smallest absolute Gasteiger partial charge is 0.245 e. The Kier molecular flexibility index (Phi) is 4.97. The van der Waals surface area contributed by atoms with Gasteiger partial charge in [-0.1, -0.05) is 18.2 Å². The third-order valence-corrected chi connectivity index (χ3v) is 3.03. The molecule has 1 heterocycles. The molecule has 6 nitrogen and oxygen atoms in total. The van der Waals surface area contributed by atoms with Crippen LogP contribution in [0.15, 0.2) is 35.3 Å². The van der Waals surface area contributed by atoms with E-state index >= 15 is 0 Å². The Hall–Kier alpha value is -2.05. The van der Waals surface area contributed by atoms with Crippen LogP contribution < -0.4 is 5.73 Å². The van der Waals surface area contributed by atoms with Crippen LogP contribution in [0.4, 0.5) is 5.69 Å². The Morgan fingerprint density at radius 1 is 1.35 bits per heavy atom. The monoisotopic (exact) mass is 274 g/mol. The van der Waals surface area contributed by atoms with Crippen LogP contribution in [0.2, 0.25) is 0 Å². The number of rotatable bonds is 4. The molecule has 1 fully saturated rings. The molecule has 1 aliphatic rings. The molecule has 0 saturated carbocycles. The first kappa shape index (κ1) is 14.4. The molecule has 20 heavy (non-hydrogen) atoms. The highest BCUT2D eigenvalue weighted by molar-refractivity contribution is 6.36. The summed E-state index contributed by atoms with van der Waals surface area (Å²) in [5.74, 6) is -0.252. The highest BCUT2D eigenvalue weighted by Gasteiger charge is 2.25. The molecule has 6 heteroatoms. The minimum absolute atomic E-state index is 0.00495. The van der Waals surface area contributed by atoms with Crippen molar-refractivity contribution in [3.63, 3.8) is 0 Å². The molecule has 0 bridgehead atoms. The first-order chi connectivity index (χ1) is 9.68. The zero-order valence-electron chi connectivity index (χ0n) is 11.2. The van der Waals surface area contributed by atoms with Crippen molar-refractivity contribution < 1.29 is 9.53 Å². The number of para-hydroxylation sites is 1. The van der Waals surface area contributed by atoms with Crippen LogP contribution >= 0.6 is 0 Å². The fourth-order valence-electron chi connectivity index (χ4n) is 1.85. The number of nitrogens with zero attached hydrogens (tertiary/aromatic N) is 2. The van der Waals surface area contributed by atoms with Gasteiger partial charge in [0.25, 0.3) is 0 Å². The number of benzene rings is 1. The van der Waals surface area contributed by atoms with Crippen LogP contribution in [0.3, 0.4) is 0 Å². The maximum atomic E-state index is 12.1. The standard InChI is InChI=1S/C14H18N4O2/c15-12(10-17-11-4-2-1-3-5-11)13(16)14(19)18-6-8-20-9-7-18/h1-5,10,13,15H,6-9,16H2. The largest absolute Gasteiger partial charge is 0.378 e. The minimum atomic E-state index is -0.972. The summed E-state index contributed by atoms with van der Waals surface area (Å²) in [7, 11) is 0. The van der Waals surface area contributed by atoms with E-state index in [1.165, 1.54) is 6.21 Å². The lowest BCUT2D eigenvalue weighted by molar-refractivity contribution is -0.135. The number of amides is 1. The van der Waals surface area contributed by atoms with Gasteiger partial charge in [0.1, 0.15) is 6.04 Å². The molecule has 1 unspecified atom stereocenters. The number of carbonyl (C=O) groups excluding carboxylic acids is 1. The lowest BCUT2D eigenvalue weighted by atomic mass is 10.1. The molecule has 1 aromatic rings. The number of morpholine rings is 1. The van der Waals surface area contributed by atoms with Gasteiger partial charge in [-0.15, -0.1) is 0 Å². The Balaban J connectivity index is 1.94. The van der Waals surface area contributed by atoms with E-state index in [4.69, 9.17) is 15.9 Å². The van der Waals surface area contributed by atoms with Gasteiger partial charge in [0, 0.05) is 13.1 Å². The third kappa shape index (κ3) is 3.72. The predicted octanol–water partition coefficient (Wildman–Crippen LogP) is 0.595. The quantitative estimate of drug-likeness (QED) is 0.787. The second kappa shape index (κ2) is 6.93. The van der Waals surface area contributed by atoms with Crippen molar-refractivity contribution in [2.45, 2.75) is 6.04 Å². The summed E-state index contributed by atoms with van der Waals surface area (Å²) in [6.45, 7) is 2.08. The van der Waals surface area contributed by atoms with Crippen LogP contribution in [0.25, 0.3) is 0 Å². The summed E-state index contributed by atoms with van der Waals surface area (Å²) in [6, 6.07) is 8.26. The van der Waals surface area contributed by atoms with E-state index in [-0.39, 0.29) is 11.6 Å². The number of ether oxygens (including phenoxy) is 1. The van der Waals surface area contributed by atoms with E-state index in [2.05, 4.69) is 4.99 Å². The Morgan fingerprint density at radius 2 is 2.00 bits per heavy atom. The van der Waals surface area contributed by atoms with Crippen molar-refractivity contribution in [3.05, 3.63) is 30.3 Å². The van der Waals surface area contributed by atoms with Crippen LogP contribution in [0.5, 0.6) is 0 Å². The normalized spacial score (nSPS) is 17.1. The van der Waals surface area contributed by atoms with E-state index in [0.29, 0.717) is 26.3 Å². The van der Waals surface area contributed by atoms with Crippen molar-refractivity contribution in [2.24, 2.45) is 10.7 Å². The van der Waals surface area contributed by atoms with Gasteiger partial charge in [0.05, 0.1) is 30.8 Å². The summed E-state index contributed by atoms with van der Waals surface area (Å²) in [5.41, 5.74) is 6.54. The van der Waals surface area contributed by atoms with Crippen LogP contribution in [0, 0.1) is 5.41 Å². The molecule has 3 N–H and O–H groups in total. The molecular formula is C14H18N4O2. The SMILES string of the molecule is N=C(C=Nc1ccccc1)C(N)C(=O)N1CCOCC1. The maximum Gasteiger partial charge on any atom is 0.245 e. The molecule has 0 spiro atoms. The molecule has 0 aliphatic carbocycles. The van der Waals surface area contributed by atoms with Gasteiger partial charge < -0.3 is 20.8 Å². The highest BCUT2D eigenvalue weighted by Crippen LogP contribution is 2.08. The summed E-state index contributed by atoms with van der Waals surface area (Å²) >= 11 is 0. The van der Waals surface area contributed by atoms with Crippen LogP contribution in [0.1, 0.15) is 0 Å². The third-order valence-electron chi connectivity index (χ3n) is 3.03. The fourth-order valence-corrected chi connectivity index (χ4v) is 1.85. The Labute approximate surface area is 117 Å². The van der Waals surface area contributed by atoms with Gasteiger partial charge in [-0.3, -0.25) is 9.79 Å². The molecular weight excluding hydrogens is 256 g/mol. The molecule has 2 rings (SSSR count). The second-order valence-corrected chi connectivity index (χ2v) is 4.46. The Morgan fingerprint density at radius 3 is 2.65 bits per heavy atom. The molecule has 0 radical (unpaired) electrons. The zero-order chi connectivity index (χ0) is 14.4. The van der Waals surface area contributed by atoms with Gasteiger partial charge in [0.15, 0.2) is 0 Å². The van der Waals surface area contributed by atoms with Gasteiger partial charge in [-0.2, -0.15) is 0 Å². The van der Waals surface area contributed by atoms with Crippen LogP contribution in [-0.2, 0) is 9.53 Å². The molecule has 1 saturated heterocycles. The number of nitrogens with two attached hydrogens (primary N) is 1. The summed E-state index contributed by atoms with van der Waals surface area (Å²) in [6.07, 6.45) is 1.33. The van der Waals surface area contributed by atoms with E-state index in [1.807, 2.05) is 30.3 Å². The van der Waals surface area contributed by atoms with Gasteiger partial charge >= 0.3 is 0 Å². The summed E-state index contributed by atoms with van der Waals surface area (Å²) in [4.78, 5) is 17.8. The second-order valence-electron chi connectivity index (χ2n) is 4.46. The molecule has 1 amide bonds. The summed E-state index contributed by atoms with van der Waals surface area (Å²) < 4.78 is 5.18. The number of nitrogens with one attached hydrogen (secondary N) is 1. The van der Waals surface area contributed by atoms with E-state index in [1.54, 1.807) is 4.90 Å². The fraction of sp³-hybridized carbons (Fsp3) is 0.357.